The van der Waals surface area contributed by atoms with Crippen LogP contribution in [0.3, 0.4) is 0 Å². The lowest BCUT2D eigenvalue weighted by atomic mass is 9.88. The number of hydrogen-bond donors (Lipinski definition) is 1. The maximum absolute atomic E-state index is 11.4. The first-order valence-electron chi connectivity index (χ1n) is 6.87. The Morgan fingerprint density at radius 2 is 2.06 bits per heavy atom. The molecular weight excluding hydrogens is 236 g/mol. The second-order valence-corrected chi connectivity index (χ2v) is 7.61. The van der Waals surface area contributed by atoms with E-state index in [1.807, 2.05) is 0 Å². The third kappa shape index (κ3) is 4.96. The van der Waals surface area contributed by atoms with Crippen molar-refractivity contribution in [1.82, 2.24) is 0 Å². The monoisotopic (exact) mass is 262 g/mol. The van der Waals surface area contributed by atoms with Gasteiger partial charge in [0.15, 0.2) is 9.84 Å². The number of aliphatic hydroxyl groups excluding tert-OH is 1. The molecule has 0 bridgehead atoms. The minimum absolute atomic E-state index is 0.0179. The van der Waals surface area contributed by atoms with Gasteiger partial charge in [-0.25, -0.2) is 8.42 Å². The van der Waals surface area contributed by atoms with E-state index in [4.69, 9.17) is 0 Å². The van der Waals surface area contributed by atoms with Gasteiger partial charge in [0.25, 0.3) is 0 Å². The Hall–Kier alpha value is -0.0900. The van der Waals surface area contributed by atoms with Gasteiger partial charge in [0, 0.05) is 0 Å². The Balaban J connectivity index is 2.39. The number of hydrogen-bond acceptors (Lipinski definition) is 3. The van der Waals surface area contributed by atoms with Gasteiger partial charge in [-0.05, 0) is 24.7 Å². The van der Waals surface area contributed by atoms with E-state index < -0.39 is 15.9 Å². The fourth-order valence-corrected chi connectivity index (χ4v) is 4.51. The fourth-order valence-electron chi connectivity index (χ4n) is 2.64. The molecule has 3 nitrogen and oxygen atoms in total. The molecule has 1 heterocycles. The molecule has 1 saturated heterocycles. The average Bonchev–Trinajstić information content (AvgIpc) is 2.64. The van der Waals surface area contributed by atoms with Crippen LogP contribution in [0, 0.1) is 11.8 Å². The third-order valence-electron chi connectivity index (χ3n) is 3.93. The van der Waals surface area contributed by atoms with Crippen molar-refractivity contribution in [3.8, 4) is 0 Å². The molecule has 0 aromatic rings. The van der Waals surface area contributed by atoms with Crippen LogP contribution >= 0.6 is 0 Å². The van der Waals surface area contributed by atoms with Crippen LogP contribution in [-0.2, 0) is 9.84 Å². The number of unbranched alkanes of at least 4 members (excludes halogenated alkanes) is 1. The first-order valence-corrected chi connectivity index (χ1v) is 8.69. The van der Waals surface area contributed by atoms with Crippen LogP contribution in [0.2, 0.25) is 0 Å². The van der Waals surface area contributed by atoms with Crippen molar-refractivity contribution < 1.29 is 13.5 Å². The molecule has 4 heteroatoms. The van der Waals surface area contributed by atoms with E-state index in [0.29, 0.717) is 12.3 Å². The van der Waals surface area contributed by atoms with Crippen LogP contribution in [0.15, 0.2) is 0 Å². The van der Waals surface area contributed by atoms with Crippen molar-refractivity contribution in [3.05, 3.63) is 0 Å². The van der Waals surface area contributed by atoms with Gasteiger partial charge in [-0.2, -0.15) is 0 Å². The molecule has 17 heavy (non-hydrogen) atoms. The van der Waals surface area contributed by atoms with Crippen LogP contribution in [0.5, 0.6) is 0 Å². The maximum Gasteiger partial charge on any atom is 0.150 e. The smallest absolute Gasteiger partial charge is 0.150 e. The van der Waals surface area contributed by atoms with Crippen molar-refractivity contribution in [2.24, 2.45) is 11.8 Å². The summed E-state index contributed by atoms with van der Waals surface area (Å²) in [6.45, 7) is 4.32. The summed E-state index contributed by atoms with van der Waals surface area (Å²) in [6, 6.07) is 0. The van der Waals surface area contributed by atoms with Crippen LogP contribution < -0.4 is 0 Å². The highest BCUT2D eigenvalue weighted by Crippen LogP contribution is 2.28. The zero-order valence-corrected chi connectivity index (χ0v) is 11.9. The minimum Gasteiger partial charge on any atom is -0.393 e. The standard InChI is InChI=1S/C13H26O3S/c1-3-5-6-11(4-2)9-13(14)12-7-8-17(15,16)10-12/h11-14H,3-10H2,1-2H3. The van der Waals surface area contributed by atoms with Crippen LogP contribution in [-0.4, -0.2) is 31.1 Å². The van der Waals surface area contributed by atoms with E-state index in [-0.39, 0.29) is 17.4 Å². The quantitative estimate of drug-likeness (QED) is 0.766. The Morgan fingerprint density at radius 1 is 1.35 bits per heavy atom. The zero-order valence-electron chi connectivity index (χ0n) is 11.1. The Labute approximate surface area is 106 Å². The molecule has 0 spiro atoms. The van der Waals surface area contributed by atoms with E-state index in [1.54, 1.807) is 0 Å². The molecule has 3 unspecified atom stereocenters. The second-order valence-electron chi connectivity index (χ2n) is 5.38. The highest BCUT2D eigenvalue weighted by molar-refractivity contribution is 7.91. The molecule has 3 atom stereocenters. The summed E-state index contributed by atoms with van der Waals surface area (Å²) >= 11 is 0. The first-order chi connectivity index (χ1) is 7.98. The summed E-state index contributed by atoms with van der Waals surface area (Å²) in [7, 11) is -2.86. The Bertz CT molecular complexity index is 311. The predicted octanol–water partition coefficient (Wildman–Crippen LogP) is 2.39. The lowest BCUT2D eigenvalue weighted by molar-refractivity contribution is 0.0891. The van der Waals surface area contributed by atoms with Gasteiger partial charge in [0.2, 0.25) is 0 Å². The van der Waals surface area contributed by atoms with E-state index in [0.717, 1.165) is 19.3 Å². The Morgan fingerprint density at radius 3 is 2.53 bits per heavy atom. The molecule has 0 saturated carbocycles. The molecule has 1 aliphatic heterocycles. The maximum atomic E-state index is 11.4. The second kappa shape index (κ2) is 6.74. The highest BCUT2D eigenvalue weighted by atomic mass is 32.2. The normalized spacial score (nSPS) is 26.9. The van der Waals surface area contributed by atoms with E-state index in [2.05, 4.69) is 13.8 Å². The van der Waals surface area contributed by atoms with Crippen molar-refractivity contribution in [2.75, 3.05) is 11.5 Å². The summed E-state index contributed by atoms with van der Waals surface area (Å²) < 4.78 is 22.7. The number of sulfone groups is 1. The zero-order chi connectivity index (χ0) is 12.9. The summed E-state index contributed by atoms with van der Waals surface area (Å²) in [5, 5.41) is 10.1. The minimum atomic E-state index is -2.86. The van der Waals surface area contributed by atoms with Crippen LogP contribution in [0.4, 0.5) is 0 Å². The summed E-state index contributed by atoms with van der Waals surface area (Å²) in [5.74, 6) is 0.989. The molecule has 102 valence electrons. The van der Waals surface area contributed by atoms with Crippen LogP contribution in [0.25, 0.3) is 0 Å². The largest absolute Gasteiger partial charge is 0.393 e. The van der Waals surface area contributed by atoms with Gasteiger partial charge in [-0.1, -0.05) is 39.5 Å². The van der Waals surface area contributed by atoms with Gasteiger partial charge in [0.1, 0.15) is 0 Å². The third-order valence-corrected chi connectivity index (χ3v) is 5.72. The molecule has 1 N–H and O–H groups in total. The lowest BCUT2D eigenvalue weighted by Gasteiger charge is -2.22. The van der Waals surface area contributed by atoms with Crippen LogP contribution in [0.1, 0.15) is 52.4 Å². The van der Waals surface area contributed by atoms with Gasteiger partial charge in [-0.3, -0.25) is 0 Å². The topological polar surface area (TPSA) is 54.4 Å². The molecule has 1 rings (SSSR count). The number of rotatable bonds is 7. The molecule has 0 aromatic heterocycles. The van der Waals surface area contributed by atoms with E-state index in [1.165, 1.54) is 12.8 Å². The summed E-state index contributed by atoms with van der Waals surface area (Å²) in [5.41, 5.74) is 0. The predicted molar refractivity (Wildman–Crippen MR) is 70.7 cm³/mol. The van der Waals surface area contributed by atoms with Crippen molar-refractivity contribution in [2.45, 2.75) is 58.5 Å². The molecule has 1 fully saturated rings. The fraction of sp³-hybridized carbons (Fsp3) is 1.00. The van der Waals surface area contributed by atoms with Crippen molar-refractivity contribution in [1.29, 1.82) is 0 Å². The van der Waals surface area contributed by atoms with Crippen molar-refractivity contribution >= 4 is 9.84 Å². The highest BCUT2D eigenvalue weighted by Gasteiger charge is 2.33. The lowest BCUT2D eigenvalue weighted by Crippen LogP contribution is -2.24. The van der Waals surface area contributed by atoms with Crippen molar-refractivity contribution in [3.63, 3.8) is 0 Å². The molecule has 0 aliphatic carbocycles. The molecule has 1 aliphatic rings. The van der Waals surface area contributed by atoms with Gasteiger partial charge < -0.3 is 5.11 Å². The molecular formula is C13H26O3S. The first kappa shape index (κ1) is 15.0. The summed E-state index contributed by atoms with van der Waals surface area (Å²) in [4.78, 5) is 0. The molecule has 0 aromatic carbocycles. The van der Waals surface area contributed by atoms with Gasteiger partial charge in [0.05, 0.1) is 17.6 Å². The van der Waals surface area contributed by atoms with E-state index in [9.17, 15) is 13.5 Å². The SMILES string of the molecule is CCCCC(CC)CC(O)C1CCS(=O)(=O)C1. The summed E-state index contributed by atoms with van der Waals surface area (Å²) in [6.07, 6.45) is 5.62. The average molecular weight is 262 g/mol. The van der Waals surface area contributed by atoms with Gasteiger partial charge in [-0.15, -0.1) is 0 Å². The molecule has 0 radical (unpaired) electrons. The molecule has 0 amide bonds. The van der Waals surface area contributed by atoms with Gasteiger partial charge >= 0.3 is 0 Å². The number of aliphatic hydroxyl groups is 1. The van der Waals surface area contributed by atoms with E-state index >= 15 is 0 Å². The Kier molecular flexibility index (Phi) is 5.93.